The zero-order valence-corrected chi connectivity index (χ0v) is 12.8. The van der Waals surface area contributed by atoms with Crippen LogP contribution in [-0.4, -0.2) is 54.0 Å². The van der Waals surface area contributed by atoms with Gasteiger partial charge in [0.2, 0.25) is 10.0 Å². The summed E-state index contributed by atoms with van der Waals surface area (Å²) in [5.41, 5.74) is 1.05. The van der Waals surface area contributed by atoms with Crippen LogP contribution in [0.25, 0.3) is 0 Å². The van der Waals surface area contributed by atoms with Gasteiger partial charge in [0.1, 0.15) is 0 Å². The summed E-state index contributed by atoms with van der Waals surface area (Å²) in [7, 11) is -3.10. The first-order valence-corrected chi connectivity index (χ1v) is 9.17. The fourth-order valence-electron chi connectivity index (χ4n) is 3.89. The SMILES string of the molecule is CS(=O)(=O)N1CCC[C@@]12CCCN(Cc1ccc[nH]1)C2. The van der Waals surface area contributed by atoms with Crippen LogP contribution in [0.5, 0.6) is 0 Å². The summed E-state index contributed by atoms with van der Waals surface area (Å²) in [6.07, 6.45) is 7.36. The molecule has 1 atom stereocenters. The molecule has 2 fully saturated rings. The molecule has 0 amide bonds. The lowest BCUT2D eigenvalue weighted by atomic mass is 9.87. The summed E-state index contributed by atoms with van der Waals surface area (Å²) < 4.78 is 25.8. The van der Waals surface area contributed by atoms with Crippen molar-refractivity contribution in [2.24, 2.45) is 0 Å². The van der Waals surface area contributed by atoms with Gasteiger partial charge >= 0.3 is 0 Å². The molecule has 1 N–H and O–H groups in total. The summed E-state index contributed by atoms with van der Waals surface area (Å²) in [6.45, 7) is 3.49. The Bertz CT molecular complexity index is 555. The van der Waals surface area contributed by atoms with Crippen molar-refractivity contribution in [1.82, 2.24) is 14.2 Å². The lowest BCUT2D eigenvalue weighted by Gasteiger charge is -2.44. The molecule has 2 aliphatic heterocycles. The van der Waals surface area contributed by atoms with Gasteiger partial charge in [-0.15, -0.1) is 0 Å². The van der Waals surface area contributed by atoms with Crippen LogP contribution in [0, 0.1) is 0 Å². The van der Waals surface area contributed by atoms with Gasteiger partial charge in [-0.05, 0) is 44.4 Å². The minimum Gasteiger partial charge on any atom is -0.364 e. The van der Waals surface area contributed by atoms with Crippen LogP contribution < -0.4 is 0 Å². The molecule has 0 aliphatic carbocycles. The van der Waals surface area contributed by atoms with E-state index in [4.69, 9.17) is 0 Å². The molecule has 6 heteroatoms. The first kappa shape index (κ1) is 14.1. The van der Waals surface area contributed by atoms with E-state index in [2.05, 4.69) is 16.0 Å². The summed E-state index contributed by atoms with van der Waals surface area (Å²) in [6, 6.07) is 4.09. The van der Waals surface area contributed by atoms with E-state index in [0.29, 0.717) is 6.54 Å². The van der Waals surface area contributed by atoms with Crippen LogP contribution in [0.15, 0.2) is 18.3 Å². The van der Waals surface area contributed by atoms with Crippen LogP contribution in [-0.2, 0) is 16.6 Å². The van der Waals surface area contributed by atoms with Crippen molar-refractivity contribution in [3.8, 4) is 0 Å². The zero-order chi connectivity index (χ0) is 14.2. The van der Waals surface area contributed by atoms with Gasteiger partial charge in [0.25, 0.3) is 0 Å². The van der Waals surface area contributed by atoms with Crippen molar-refractivity contribution in [2.45, 2.75) is 37.8 Å². The highest BCUT2D eigenvalue weighted by Crippen LogP contribution is 2.39. The van der Waals surface area contributed by atoms with Crippen molar-refractivity contribution in [3.05, 3.63) is 24.0 Å². The van der Waals surface area contributed by atoms with Gasteiger partial charge in [-0.25, -0.2) is 8.42 Å². The number of nitrogens with one attached hydrogen (secondary N) is 1. The number of aromatic nitrogens is 1. The predicted octanol–water partition coefficient (Wildman–Crippen LogP) is 1.40. The molecule has 2 saturated heterocycles. The Balaban J connectivity index is 1.77. The maximum absolute atomic E-state index is 12.0. The molecule has 0 saturated carbocycles. The van der Waals surface area contributed by atoms with Crippen molar-refractivity contribution < 1.29 is 8.42 Å². The maximum atomic E-state index is 12.0. The van der Waals surface area contributed by atoms with E-state index in [1.165, 1.54) is 11.9 Å². The molecule has 0 bridgehead atoms. The molecule has 3 heterocycles. The van der Waals surface area contributed by atoms with Crippen LogP contribution in [0.1, 0.15) is 31.4 Å². The fourth-order valence-corrected chi connectivity index (χ4v) is 5.29. The molecule has 2 aliphatic rings. The largest absolute Gasteiger partial charge is 0.364 e. The Morgan fingerprint density at radius 3 is 2.70 bits per heavy atom. The van der Waals surface area contributed by atoms with E-state index < -0.39 is 10.0 Å². The van der Waals surface area contributed by atoms with Gasteiger partial charge in [0.15, 0.2) is 0 Å². The lowest BCUT2D eigenvalue weighted by Crippen LogP contribution is -2.56. The quantitative estimate of drug-likeness (QED) is 0.917. The Labute approximate surface area is 121 Å². The van der Waals surface area contributed by atoms with E-state index in [-0.39, 0.29) is 5.54 Å². The number of piperidine rings is 1. The summed E-state index contributed by atoms with van der Waals surface area (Å²) in [4.78, 5) is 5.62. The highest BCUT2D eigenvalue weighted by molar-refractivity contribution is 7.88. The van der Waals surface area contributed by atoms with Crippen LogP contribution in [0.2, 0.25) is 0 Å². The Morgan fingerprint density at radius 2 is 2.05 bits per heavy atom. The van der Waals surface area contributed by atoms with Gasteiger partial charge in [0.05, 0.1) is 6.26 Å². The highest BCUT2D eigenvalue weighted by atomic mass is 32.2. The molecular weight excluding hydrogens is 274 g/mol. The summed E-state index contributed by atoms with van der Waals surface area (Å²) in [5, 5.41) is 0. The first-order chi connectivity index (χ1) is 9.50. The first-order valence-electron chi connectivity index (χ1n) is 7.32. The van der Waals surface area contributed by atoms with Crippen molar-refractivity contribution in [3.63, 3.8) is 0 Å². The predicted molar refractivity (Wildman–Crippen MR) is 78.8 cm³/mol. The van der Waals surface area contributed by atoms with Crippen molar-refractivity contribution in [2.75, 3.05) is 25.9 Å². The number of likely N-dealkylation sites (tertiary alicyclic amines) is 1. The Morgan fingerprint density at radius 1 is 1.30 bits per heavy atom. The molecule has 0 unspecified atom stereocenters. The van der Waals surface area contributed by atoms with Crippen LogP contribution >= 0.6 is 0 Å². The van der Waals surface area contributed by atoms with Gasteiger partial charge in [-0.2, -0.15) is 4.31 Å². The molecular formula is C14H23N3O2S. The maximum Gasteiger partial charge on any atom is 0.211 e. The average Bonchev–Trinajstić information content (AvgIpc) is 2.99. The second-order valence-corrected chi connectivity index (χ2v) is 8.08. The molecule has 0 radical (unpaired) electrons. The number of hydrogen-bond acceptors (Lipinski definition) is 3. The van der Waals surface area contributed by atoms with Crippen LogP contribution in [0.3, 0.4) is 0 Å². The second-order valence-electron chi connectivity index (χ2n) is 6.17. The molecule has 1 aromatic heterocycles. The normalized spacial score (nSPS) is 29.2. The standard InChI is InChI=1S/C14H23N3O2S/c1-20(18,19)17-10-4-7-14(17)6-3-9-16(12-14)11-13-5-2-8-15-13/h2,5,8,15H,3-4,6-7,9-12H2,1H3/t14-/m1/s1. The summed E-state index contributed by atoms with van der Waals surface area (Å²) in [5.74, 6) is 0. The number of rotatable bonds is 3. The van der Waals surface area contributed by atoms with E-state index in [1.807, 2.05) is 12.3 Å². The monoisotopic (exact) mass is 297 g/mol. The molecule has 1 spiro atoms. The number of H-pyrrole nitrogens is 1. The third kappa shape index (κ3) is 2.64. The molecule has 112 valence electrons. The second kappa shape index (κ2) is 5.16. The van der Waals surface area contributed by atoms with Gasteiger partial charge in [-0.1, -0.05) is 0 Å². The minimum atomic E-state index is -3.10. The third-order valence-electron chi connectivity index (χ3n) is 4.62. The zero-order valence-electron chi connectivity index (χ0n) is 12.0. The topological polar surface area (TPSA) is 56.4 Å². The molecule has 1 aromatic rings. The highest BCUT2D eigenvalue weighted by Gasteiger charge is 2.47. The van der Waals surface area contributed by atoms with E-state index >= 15 is 0 Å². The number of hydrogen-bond donors (Lipinski definition) is 1. The smallest absolute Gasteiger partial charge is 0.211 e. The Kier molecular flexibility index (Phi) is 3.64. The van der Waals surface area contributed by atoms with Gasteiger partial charge in [-0.3, -0.25) is 4.90 Å². The van der Waals surface area contributed by atoms with E-state index in [9.17, 15) is 8.42 Å². The number of aromatic amines is 1. The van der Waals surface area contributed by atoms with Crippen molar-refractivity contribution in [1.29, 1.82) is 0 Å². The van der Waals surface area contributed by atoms with Crippen molar-refractivity contribution >= 4 is 10.0 Å². The molecule has 0 aromatic carbocycles. The van der Waals surface area contributed by atoms with E-state index in [1.54, 1.807) is 4.31 Å². The fraction of sp³-hybridized carbons (Fsp3) is 0.714. The van der Waals surface area contributed by atoms with Gasteiger partial charge in [0, 0.05) is 37.1 Å². The number of nitrogens with zero attached hydrogens (tertiary/aromatic N) is 2. The molecule has 20 heavy (non-hydrogen) atoms. The van der Waals surface area contributed by atoms with E-state index in [0.717, 1.165) is 45.3 Å². The molecule has 5 nitrogen and oxygen atoms in total. The third-order valence-corrected chi connectivity index (χ3v) is 5.99. The van der Waals surface area contributed by atoms with Gasteiger partial charge < -0.3 is 4.98 Å². The number of sulfonamides is 1. The summed E-state index contributed by atoms with van der Waals surface area (Å²) >= 11 is 0. The molecule has 3 rings (SSSR count). The minimum absolute atomic E-state index is 0.154. The average molecular weight is 297 g/mol. The lowest BCUT2D eigenvalue weighted by molar-refractivity contribution is 0.0834. The van der Waals surface area contributed by atoms with Crippen LogP contribution in [0.4, 0.5) is 0 Å². The Hall–Kier alpha value is -0.850.